The summed E-state index contributed by atoms with van der Waals surface area (Å²) in [7, 11) is 8.74. The molecule has 2 heterocycles. The van der Waals surface area contributed by atoms with Crippen LogP contribution in [0.2, 0.25) is 0 Å². The van der Waals surface area contributed by atoms with Crippen LogP contribution in [0.3, 0.4) is 0 Å². The summed E-state index contributed by atoms with van der Waals surface area (Å²) in [5.74, 6) is -1.11. The van der Waals surface area contributed by atoms with Crippen LogP contribution in [0.5, 0.6) is 0 Å². The Morgan fingerprint density at radius 2 is 0.944 bits per heavy atom. The number of methoxy groups -OCH3 is 2. The summed E-state index contributed by atoms with van der Waals surface area (Å²) in [5, 5.41) is 5.15. The first kappa shape index (κ1) is 57.8. The first-order chi connectivity index (χ1) is 34.1. The third-order valence-corrected chi connectivity index (χ3v) is 13.9. The zero-order chi connectivity index (χ0) is 53.4. The van der Waals surface area contributed by atoms with Crippen molar-refractivity contribution < 1.29 is 38.1 Å². The molecule has 0 aliphatic rings. The summed E-state index contributed by atoms with van der Waals surface area (Å²) >= 11 is 4.19. The number of nitrogens with one attached hydrogen (secondary N) is 2. The van der Waals surface area contributed by atoms with E-state index in [0.717, 1.165) is 46.1 Å². The Bertz CT molecular complexity index is 3110. The molecule has 6 aromatic rings. The number of benzene rings is 4. The number of amides is 2. The lowest BCUT2D eigenvalue weighted by molar-refractivity contribution is -0.143. The van der Waals surface area contributed by atoms with E-state index in [1.54, 1.807) is 40.1 Å². The number of hydrogen-bond acceptors (Lipinski definition) is 12. The minimum atomic E-state index is -0.958. The van der Waals surface area contributed by atoms with Crippen LogP contribution < -0.4 is 33.1 Å². The number of aromatic nitrogens is 4. The fraction of sp³-hybridized carbons (Fsp3) is 0.308. The number of carbonyl (C=O) groups excluding carboxylic acids is 4. The zero-order valence-corrected chi connectivity index (χ0v) is 46.0. The Morgan fingerprint density at radius 3 is 1.38 bits per heavy atom. The first-order valence-corrected chi connectivity index (χ1v) is 24.4. The molecule has 0 aliphatic carbocycles. The quantitative estimate of drug-likeness (QED) is 0.0775. The van der Waals surface area contributed by atoms with Crippen molar-refractivity contribution in [2.75, 3.05) is 14.2 Å². The van der Waals surface area contributed by atoms with E-state index in [-0.39, 0.29) is 36.4 Å². The standard InChI is InChI=1S/C26H29N3O6.C19H20INO4.C7H9IN2O2/c1-16-13-19(11-12-20(16)22-17(2)28(3)26(33)29(4)23(22)30)14-21(24(31)34-5)27-25(32)35-15-18-9-7-6-8-10-18;1-13-10-15(8-9-16(13)20)11-17(18(22)24-2)21-19(23)25-12-14-6-4-3-5-7-14;1-4-5(8)6(11)10(3)7(12)9(4)2/h6-13,21H,14-15H2,1-5H3,(H,27,32);3-10,17H,11-12H2,1-2H3,(H,21,23);1-3H3. The molecule has 2 amide bonds. The van der Waals surface area contributed by atoms with Gasteiger partial charge in [-0.25, -0.2) is 28.8 Å². The number of esters is 2. The molecule has 0 saturated heterocycles. The minimum Gasteiger partial charge on any atom is -0.467 e. The molecule has 2 unspecified atom stereocenters. The normalized spacial score (nSPS) is 11.3. The molecule has 382 valence electrons. The molecule has 2 N–H and O–H groups in total. The van der Waals surface area contributed by atoms with Crippen molar-refractivity contribution in [3.05, 3.63) is 191 Å². The van der Waals surface area contributed by atoms with Crippen LogP contribution in [-0.4, -0.2) is 68.7 Å². The molecule has 2 atom stereocenters. The van der Waals surface area contributed by atoms with Crippen molar-refractivity contribution in [3.8, 4) is 11.1 Å². The number of carbonyl (C=O) groups is 4. The Hall–Kier alpha value is -6.82. The second-order valence-corrected chi connectivity index (χ2v) is 18.7. The molecule has 0 bridgehead atoms. The lowest BCUT2D eigenvalue weighted by atomic mass is 9.95. The van der Waals surface area contributed by atoms with Gasteiger partial charge in [0.25, 0.3) is 11.1 Å². The average molecular weight is 1210 g/mol. The Kier molecular flexibility index (Phi) is 21.8. The van der Waals surface area contributed by atoms with Crippen molar-refractivity contribution in [3.63, 3.8) is 0 Å². The van der Waals surface area contributed by atoms with E-state index in [2.05, 4.69) is 33.2 Å². The molecule has 0 radical (unpaired) electrons. The third-order valence-electron chi connectivity index (χ3n) is 11.5. The number of hydrogen-bond donors (Lipinski definition) is 2. The number of ether oxygens (including phenoxy) is 4. The predicted octanol–water partition coefficient (Wildman–Crippen LogP) is 5.99. The molecule has 6 rings (SSSR count). The predicted molar refractivity (Wildman–Crippen MR) is 289 cm³/mol. The van der Waals surface area contributed by atoms with E-state index in [1.807, 2.05) is 121 Å². The zero-order valence-electron chi connectivity index (χ0n) is 41.7. The number of alkyl carbamates (subject to hydrolysis) is 2. The maximum absolute atomic E-state index is 12.8. The molecule has 2 aromatic heterocycles. The van der Waals surface area contributed by atoms with Crippen LogP contribution in [0, 0.1) is 34.8 Å². The summed E-state index contributed by atoms with van der Waals surface area (Å²) in [4.78, 5) is 96.2. The van der Waals surface area contributed by atoms with Crippen LogP contribution in [0.25, 0.3) is 11.1 Å². The number of nitrogens with zero attached hydrogens (tertiary/aromatic N) is 4. The summed E-state index contributed by atoms with van der Waals surface area (Å²) in [5.41, 5.74) is 6.42. The fourth-order valence-electron chi connectivity index (χ4n) is 7.08. The Labute approximate surface area is 443 Å². The van der Waals surface area contributed by atoms with Crippen LogP contribution in [0.15, 0.2) is 116 Å². The van der Waals surface area contributed by atoms with Crippen molar-refractivity contribution in [2.45, 2.75) is 65.8 Å². The van der Waals surface area contributed by atoms with E-state index < -0.39 is 41.9 Å². The molecule has 18 nitrogen and oxygen atoms in total. The summed E-state index contributed by atoms with van der Waals surface area (Å²) < 4.78 is 26.9. The largest absolute Gasteiger partial charge is 0.467 e. The molecular weight excluding hydrogens is 1150 g/mol. The number of halogens is 2. The highest BCUT2D eigenvalue weighted by Gasteiger charge is 2.25. The summed E-state index contributed by atoms with van der Waals surface area (Å²) in [6.45, 7) is 7.54. The maximum atomic E-state index is 12.8. The van der Waals surface area contributed by atoms with Gasteiger partial charge in [-0.1, -0.05) is 91.0 Å². The highest BCUT2D eigenvalue weighted by atomic mass is 127. The van der Waals surface area contributed by atoms with E-state index in [4.69, 9.17) is 18.9 Å². The maximum Gasteiger partial charge on any atom is 0.408 e. The van der Waals surface area contributed by atoms with Crippen LogP contribution in [-0.2, 0) is 82.8 Å². The third kappa shape index (κ3) is 15.6. The van der Waals surface area contributed by atoms with Gasteiger partial charge in [-0.05, 0) is 118 Å². The van der Waals surface area contributed by atoms with Gasteiger partial charge in [-0.3, -0.25) is 23.3 Å². The summed E-state index contributed by atoms with van der Waals surface area (Å²) in [6.07, 6.45) is -0.882. The molecule has 4 aromatic carbocycles. The van der Waals surface area contributed by atoms with Gasteiger partial charge >= 0.3 is 35.5 Å². The van der Waals surface area contributed by atoms with Gasteiger partial charge < -0.3 is 34.1 Å². The second-order valence-electron chi connectivity index (χ2n) is 16.5. The van der Waals surface area contributed by atoms with Crippen LogP contribution >= 0.6 is 45.2 Å². The second kappa shape index (κ2) is 27.1. The lowest BCUT2D eigenvalue weighted by Crippen LogP contribution is -2.43. The van der Waals surface area contributed by atoms with Crippen molar-refractivity contribution in [1.29, 1.82) is 0 Å². The van der Waals surface area contributed by atoms with E-state index in [9.17, 15) is 38.4 Å². The van der Waals surface area contributed by atoms with E-state index >= 15 is 0 Å². The molecular formula is C52H58I2N6O12. The fourth-order valence-corrected chi connectivity index (χ4v) is 8.14. The van der Waals surface area contributed by atoms with Crippen LogP contribution in [0.4, 0.5) is 9.59 Å². The van der Waals surface area contributed by atoms with Gasteiger partial charge in [-0.15, -0.1) is 0 Å². The van der Waals surface area contributed by atoms with Gasteiger partial charge in [0.15, 0.2) is 0 Å². The molecule has 0 saturated carbocycles. The molecule has 20 heteroatoms. The van der Waals surface area contributed by atoms with Gasteiger partial charge in [0, 0.05) is 56.0 Å². The van der Waals surface area contributed by atoms with Crippen LogP contribution in [0.1, 0.15) is 44.8 Å². The van der Waals surface area contributed by atoms with E-state index in [0.29, 0.717) is 32.5 Å². The smallest absolute Gasteiger partial charge is 0.408 e. The van der Waals surface area contributed by atoms with Gasteiger partial charge in [0.1, 0.15) is 25.3 Å². The molecule has 0 spiro atoms. The van der Waals surface area contributed by atoms with Crippen molar-refractivity contribution >= 4 is 69.3 Å². The number of aryl methyl sites for hydroxylation is 2. The average Bonchev–Trinajstić information content (AvgIpc) is 3.38. The minimum absolute atomic E-state index is 0.0717. The van der Waals surface area contributed by atoms with Gasteiger partial charge in [0.2, 0.25) is 0 Å². The Morgan fingerprint density at radius 1 is 0.528 bits per heavy atom. The highest BCUT2D eigenvalue weighted by molar-refractivity contribution is 14.1. The monoisotopic (exact) mass is 1210 g/mol. The molecule has 72 heavy (non-hydrogen) atoms. The topological polar surface area (TPSA) is 217 Å². The number of rotatable bonds is 13. The van der Waals surface area contributed by atoms with Gasteiger partial charge in [0.05, 0.1) is 23.4 Å². The lowest BCUT2D eigenvalue weighted by Gasteiger charge is -2.18. The SMILES string of the molecule is COC(=O)C(Cc1ccc(-c2c(C)n(C)c(=O)n(C)c2=O)c(C)c1)NC(=O)OCc1ccccc1.COC(=O)C(Cc1ccc(I)c(C)c1)NC(=O)OCc1ccccc1.Cc1c(I)c(=O)n(C)c(=O)n1C. The molecule has 0 aliphatic heterocycles. The summed E-state index contributed by atoms with van der Waals surface area (Å²) in [6, 6.07) is 28.1. The van der Waals surface area contributed by atoms with Crippen molar-refractivity contribution in [1.82, 2.24) is 28.9 Å². The first-order valence-electron chi connectivity index (χ1n) is 22.2. The molecule has 0 fully saturated rings. The van der Waals surface area contributed by atoms with Crippen molar-refractivity contribution in [2.24, 2.45) is 28.2 Å². The van der Waals surface area contributed by atoms with E-state index in [1.165, 1.54) is 37.4 Å². The Balaban J connectivity index is 0.000000263. The highest BCUT2D eigenvalue weighted by Crippen LogP contribution is 2.24. The van der Waals surface area contributed by atoms with Gasteiger partial charge in [-0.2, -0.15) is 0 Å².